The number of nitrogens with zero attached hydrogens (tertiary/aromatic N) is 3. The molecule has 3 N–H and O–H groups in total. The van der Waals surface area contributed by atoms with E-state index in [1.54, 1.807) is 0 Å². The highest BCUT2D eigenvalue weighted by atomic mass is 35.5. The van der Waals surface area contributed by atoms with Crippen molar-refractivity contribution in [3.8, 4) is 0 Å². The molecule has 1 unspecified atom stereocenters. The summed E-state index contributed by atoms with van der Waals surface area (Å²) in [6.45, 7) is 2.81. The first-order chi connectivity index (χ1) is 8.17. The highest BCUT2D eigenvalue weighted by Crippen LogP contribution is 2.37. The molecule has 6 nitrogen and oxygen atoms in total. The second-order valence-electron chi connectivity index (χ2n) is 3.84. The number of carbonyl (C=O) groups is 1. The lowest BCUT2D eigenvalue weighted by Gasteiger charge is -2.21. The van der Waals surface area contributed by atoms with Crippen LogP contribution in [0.1, 0.15) is 19.8 Å². The van der Waals surface area contributed by atoms with E-state index in [1.165, 1.54) is 0 Å². The summed E-state index contributed by atoms with van der Waals surface area (Å²) >= 11 is 5.96. The first-order valence-electron chi connectivity index (χ1n) is 5.48. The number of hydrogen-bond donors (Lipinski definition) is 2. The Morgan fingerprint density at radius 2 is 2.35 bits per heavy atom. The minimum absolute atomic E-state index is 0.114. The summed E-state index contributed by atoms with van der Waals surface area (Å²) in [4.78, 5) is 20.9. The van der Waals surface area contributed by atoms with Gasteiger partial charge in [-0.1, -0.05) is 24.9 Å². The first-order valence-corrected chi connectivity index (χ1v) is 5.86. The maximum absolute atomic E-state index is 11.0. The van der Waals surface area contributed by atoms with Crippen LogP contribution in [0.15, 0.2) is 0 Å². The van der Waals surface area contributed by atoms with Gasteiger partial charge in [0.2, 0.25) is 5.95 Å². The summed E-state index contributed by atoms with van der Waals surface area (Å²) in [6.07, 6.45) is 2.38. The van der Waals surface area contributed by atoms with Crippen molar-refractivity contribution in [2.24, 2.45) is 0 Å². The molecular weight excluding hydrogens is 242 g/mol. The molecule has 0 bridgehead atoms. The summed E-state index contributed by atoms with van der Waals surface area (Å²) in [5.41, 5.74) is 6.14. The number of nitrogen functional groups attached to an aromatic ring is 1. The molecule has 1 atom stereocenters. The van der Waals surface area contributed by atoms with E-state index in [-0.39, 0.29) is 11.1 Å². The van der Waals surface area contributed by atoms with Crippen molar-refractivity contribution in [3.63, 3.8) is 0 Å². The normalized spacial score (nSPS) is 17.8. The Morgan fingerprint density at radius 3 is 3.00 bits per heavy atom. The molecule has 0 amide bonds. The second kappa shape index (κ2) is 4.75. The molecule has 7 heteroatoms. The fourth-order valence-corrected chi connectivity index (χ4v) is 2.03. The van der Waals surface area contributed by atoms with Crippen LogP contribution in [-0.4, -0.2) is 29.0 Å². The summed E-state index contributed by atoms with van der Waals surface area (Å²) in [5.74, 6) is 0.719. The number of nitrogens with two attached hydrogens (primary N) is 1. The van der Waals surface area contributed by atoms with Crippen molar-refractivity contribution in [2.75, 3.05) is 22.5 Å². The van der Waals surface area contributed by atoms with Crippen LogP contribution in [0.4, 0.5) is 17.5 Å². The predicted octanol–water partition coefficient (Wildman–Crippen LogP) is 1.27. The molecule has 2 heterocycles. The third-order valence-corrected chi connectivity index (χ3v) is 2.92. The number of halogens is 1. The number of aldehydes is 1. The smallest absolute Gasteiger partial charge is 0.223 e. The molecule has 0 aliphatic carbocycles. The minimum atomic E-state index is -0.440. The molecule has 0 spiro atoms. The highest BCUT2D eigenvalue weighted by Gasteiger charge is 2.31. The van der Waals surface area contributed by atoms with Crippen LogP contribution >= 0.6 is 11.6 Å². The van der Waals surface area contributed by atoms with Crippen molar-refractivity contribution in [1.82, 2.24) is 9.97 Å². The Balaban J connectivity index is 2.36. The number of carbonyl (C=O) groups excluding carboxylic acids is 1. The lowest BCUT2D eigenvalue weighted by Crippen LogP contribution is -2.37. The molecule has 0 saturated carbocycles. The zero-order valence-corrected chi connectivity index (χ0v) is 10.2. The van der Waals surface area contributed by atoms with Crippen LogP contribution in [0, 0.1) is 0 Å². The summed E-state index contributed by atoms with van der Waals surface area (Å²) < 4.78 is 0. The van der Waals surface area contributed by atoms with E-state index in [9.17, 15) is 4.79 Å². The summed E-state index contributed by atoms with van der Waals surface area (Å²) in [6, 6.07) is 0. The number of fused-ring (bicyclic) bond motifs is 1. The van der Waals surface area contributed by atoms with E-state index in [1.807, 2.05) is 4.90 Å². The van der Waals surface area contributed by atoms with Crippen LogP contribution in [0.2, 0.25) is 5.15 Å². The molecule has 0 saturated heterocycles. The lowest BCUT2D eigenvalue weighted by molar-refractivity contribution is -0.108. The van der Waals surface area contributed by atoms with Crippen molar-refractivity contribution in [3.05, 3.63) is 5.15 Å². The monoisotopic (exact) mass is 255 g/mol. The third kappa shape index (κ3) is 2.12. The number of unbranched alkanes of at least 4 members (excludes halogenated alkanes) is 1. The number of rotatable bonds is 4. The zero-order valence-electron chi connectivity index (χ0n) is 9.48. The van der Waals surface area contributed by atoms with Gasteiger partial charge in [0.1, 0.15) is 5.69 Å². The van der Waals surface area contributed by atoms with Gasteiger partial charge in [0.15, 0.2) is 23.4 Å². The van der Waals surface area contributed by atoms with E-state index < -0.39 is 6.17 Å². The Morgan fingerprint density at radius 1 is 1.59 bits per heavy atom. The first kappa shape index (κ1) is 11.9. The zero-order chi connectivity index (χ0) is 12.4. The van der Waals surface area contributed by atoms with Crippen LogP contribution in [-0.2, 0) is 4.79 Å². The third-order valence-electron chi connectivity index (χ3n) is 2.64. The minimum Gasteiger partial charge on any atom is -0.368 e. The van der Waals surface area contributed by atoms with Gasteiger partial charge < -0.3 is 16.0 Å². The quantitative estimate of drug-likeness (QED) is 0.623. The standard InChI is InChI=1S/C10H14ClN5O/c1-2-3-4-16-6(5-17)13-7-8(11)14-10(12)15-9(7)16/h5-6,13H,2-4H2,1H3,(H2,12,14,15). The van der Waals surface area contributed by atoms with Gasteiger partial charge in [0, 0.05) is 6.54 Å². The van der Waals surface area contributed by atoms with Crippen LogP contribution in [0.5, 0.6) is 0 Å². The average molecular weight is 256 g/mol. The molecule has 1 aromatic heterocycles. The maximum Gasteiger partial charge on any atom is 0.223 e. The van der Waals surface area contributed by atoms with E-state index in [0.29, 0.717) is 11.5 Å². The molecule has 2 rings (SSSR count). The van der Waals surface area contributed by atoms with Crippen LogP contribution < -0.4 is 16.0 Å². The molecule has 17 heavy (non-hydrogen) atoms. The topological polar surface area (TPSA) is 84.1 Å². The number of hydrogen-bond acceptors (Lipinski definition) is 6. The molecule has 1 aliphatic heterocycles. The maximum atomic E-state index is 11.0. The SMILES string of the molecule is CCCCN1c2nc(N)nc(Cl)c2NC1C=O. The molecule has 0 radical (unpaired) electrons. The molecule has 0 fully saturated rings. The molecule has 1 aliphatic rings. The van der Waals surface area contributed by atoms with E-state index in [2.05, 4.69) is 22.2 Å². The second-order valence-corrected chi connectivity index (χ2v) is 4.20. The fourth-order valence-electron chi connectivity index (χ4n) is 1.81. The largest absolute Gasteiger partial charge is 0.368 e. The van der Waals surface area contributed by atoms with Gasteiger partial charge in [0.05, 0.1) is 0 Å². The molecular formula is C10H14ClN5O. The van der Waals surface area contributed by atoms with Crippen LogP contribution in [0.25, 0.3) is 0 Å². The van der Waals surface area contributed by atoms with Gasteiger partial charge in [-0.25, -0.2) is 0 Å². The summed E-state index contributed by atoms with van der Waals surface area (Å²) in [5, 5.41) is 3.23. The van der Waals surface area contributed by atoms with Crippen LogP contribution in [0.3, 0.4) is 0 Å². The van der Waals surface area contributed by atoms with Gasteiger partial charge in [-0.15, -0.1) is 0 Å². The van der Waals surface area contributed by atoms with E-state index in [4.69, 9.17) is 17.3 Å². The lowest BCUT2D eigenvalue weighted by atomic mass is 10.3. The van der Waals surface area contributed by atoms with Gasteiger partial charge in [0.25, 0.3) is 0 Å². The Hall–Kier alpha value is -1.56. The van der Waals surface area contributed by atoms with Crippen molar-refractivity contribution in [1.29, 1.82) is 0 Å². The van der Waals surface area contributed by atoms with Crippen molar-refractivity contribution >= 4 is 35.3 Å². The fraction of sp³-hybridized carbons (Fsp3) is 0.500. The number of nitrogens with one attached hydrogen (secondary N) is 1. The van der Waals surface area contributed by atoms with E-state index in [0.717, 1.165) is 25.7 Å². The Bertz CT molecular complexity index is 439. The molecule has 0 aromatic carbocycles. The van der Waals surface area contributed by atoms with Gasteiger partial charge >= 0.3 is 0 Å². The Kier molecular flexibility index (Phi) is 3.33. The van der Waals surface area contributed by atoms with Gasteiger partial charge in [-0.2, -0.15) is 9.97 Å². The summed E-state index contributed by atoms with van der Waals surface area (Å²) in [7, 11) is 0. The molecule has 1 aromatic rings. The predicted molar refractivity (Wildman–Crippen MR) is 67.2 cm³/mol. The van der Waals surface area contributed by atoms with E-state index >= 15 is 0 Å². The van der Waals surface area contributed by atoms with Gasteiger partial charge in [-0.3, -0.25) is 4.79 Å². The Labute approximate surface area is 104 Å². The van der Waals surface area contributed by atoms with Gasteiger partial charge in [-0.05, 0) is 6.42 Å². The highest BCUT2D eigenvalue weighted by molar-refractivity contribution is 6.33. The molecule has 92 valence electrons. The average Bonchev–Trinajstić information content (AvgIpc) is 2.64. The number of anilines is 3. The van der Waals surface area contributed by atoms with Crippen molar-refractivity contribution < 1.29 is 4.79 Å². The van der Waals surface area contributed by atoms with Crippen molar-refractivity contribution in [2.45, 2.75) is 25.9 Å². The number of aromatic nitrogens is 2.